The number of imidazole rings is 1. The van der Waals surface area contributed by atoms with Gasteiger partial charge in [0.1, 0.15) is 5.82 Å². The minimum Gasteiger partial charge on any atom is -0.342 e. The van der Waals surface area contributed by atoms with E-state index in [1.807, 2.05) is 31.4 Å². The Hall–Kier alpha value is -2.67. The van der Waals surface area contributed by atoms with Gasteiger partial charge in [0.2, 0.25) is 5.91 Å². The van der Waals surface area contributed by atoms with E-state index in [4.69, 9.17) is 0 Å². The first kappa shape index (κ1) is 16.8. The number of benzene rings is 1. The molecule has 1 amide bonds. The van der Waals surface area contributed by atoms with Crippen LogP contribution in [0.15, 0.2) is 36.5 Å². The fourth-order valence-electron chi connectivity index (χ4n) is 3.70. The van der Waals surface area contributed by atoms with Gasteiger partial charge in [0.15, 0.2) is 5.82 Å². The van der Waals surface area contributed by atoms with Crippen LogP contribution in [0.2, 0.25) is 0 Å². The molecule has 7 nitrogen and oxygen atoms in total. The van der Waals surface area contributed by atoms with E-state index in [9.17, 15) is 4.79 Å². The summed E-state index contributed by atoms with van der Waals surface area (Å²) in [4.78, 5) is 22.6. The van der Waals surface area contributed by atoms with Crippen LogP contribution < -0.4 is 5.32 Å². The molecular weight excluding hydrogens is 328 g/mol. The van der Waals surface area contributed by atoms with Crippen LogP contribution in [-0.4, -0.2) is 50.2 Å². The van der Waals surface area contributed by atoms with Crippen molar-refractivity contribution in [2.24, 2.45) is 13.0 Å². The highest BCUT2D eigenvalue weighted by atomic mass is 16.2. The van der Waals surface area contributed by atoms with Gasteiger partial charge in [-0.1, -0.05) is 12.1 Å². The smallest absolute Gasteiger partial charge is 0.239 e. The lowest BCUT2D eigenvalue weighted by Gasteiger charge is -2.31. The number of likely N-dealkylation sites (tertiary alicyclic amines) is 1. The zero-order valence-corrected chi connectivity index (χ0v) is 15.0. The normalized spacial score (nSPS) is 18.3. The highest BCUT2D eigenvalue weighted by molar-refractivity contribution is 5.91. The van der Waals surface area contributed by atoms with Crippen molar-refractivity contribution in [2.45, 2.75) is 19.3 Å². The third-order valence-electron chi connectivity index (χ3n) is 4.87. The zero-order chi connectivity index (χ0) is 17.9. The number of H-pyrrole nitrogens is 1. The van der Waals surface area contributed by atoms with Crippen LogP contribution in [0.25, 0.3) is 11.0 Å². The van der Waals surface area contributed by atoms with Gasteiger partial charge in [-0.15, -0.1) is 0 Å². The molecule has 1 aromatic carbocycles. The van der Waals surface area contributed by atoms with Crippen molar-refractivity contribution >= 4 is 22.8 Å². The predicted molar refractivity (Wildman–Crippen MR) is 101 cm³/mol. The molecule has 26 heavy (non-hydrogen) atoms. The lowest BCUT2D eigenvalue weighted by atomic mass is 9.94. The predicted octanol–water partition coefficient (Wildman–Crippen LogP) is 2.19. The average Bonchev–Trinajstić information content (AvgIpc) is 3.20. The van der Waals surface area contributed by atoms with E-state index in [0.29, 0.717) is 18.3 Å². The number of anilines is 1. The van der Waals surface area contributed by atoms with Crippen molar-refractivity contribution in [3.8, 4) is 0 Å². The van der Waals surface area contributed by atoms with Gasteiger partial charge in [-0.3, -0.25) is 14.4 Å². The molecule has 7 heteroatoms. The SMILES string of the molecule is Cn1ccc(NC(=O)CN2CCC[C@@H](Cc3nc4ccccc4[nH]3)C2)n1. The number of aryl methyl sites for hydroxylation is 1. The van der Waals surface area contributed by atoms with Crippen LogP contribution in [0, 0.1) is 5.92 Å². The fourth-order valence-corrected chi connectivity index (χ4v) is 3.70. The fraction of sp³-hybridized carbons (Fsp3) is 0.421. The Balaban J connectivity index is 1.32. The minimum atomic E-state index is -0.00640. The average molecular weight is 352 g/mol. The van der Waals surface area contributed by atoms with Crippen LogP contribution in [0.3, 0.4) is 0 Å². The van der Waals surface area contributed by atoms with Crippen molar-refractivity contribution in [1.82, 2.24) is 24.6 Å². The summed E-state index contributed by atoms with van der Waals surface area (Å²) in [6.07, 6.45) is 5.03. The Morgan fingerprint density at radius 3 is 3.04 bits per heavy atom. The Bertz CT molecular complexity index is 865. The monoisotopic (exact) mass is 352 g/mol. The van der Waals surface area contributed by atoms with Crippen LogP contribution in [0.4, 0.5) is 5.82 Å². The molecule has 0 saturated carbocycles. The Morgan fingerprint density at radius 2 is 2.23 bits per heavy atom. The van der Waals surface area contributed by atoms with Crippen LogP contribution >= 0.6 is 0 Å². The zero-order valence-electron chi connectivity index (χ0n) is 15.0. The third-order valence-corrected chi connectivity index (χ3v) is 4.87. The number of piperidine rings is 1. The van der Waals surface area contributed by atoms with Crippen molar-refractivity contribution in [3.63, 3.8) is 0 Å². The number of aromatic nitrogens is 4. The standard InChI is InChI=1S/C19H24N6O/c1-24-10-8-17(23-24)22-19(26)13-25-9-4-5-14(12-25)11-18-20-15-6-2-3-7-16(15)21-18/h2-3,6-8,10,14H,4-5,9,11-13H2,1H3,(H,20,21)(H,22,23,26)/t14-/m0/s1. The van der Waals surface area contributed by atoms with Gasteiger partial charge in [0.25, 0.3) is 0 Å². The first-order valence-corrected chi connectivity index (χ1v) is 9.11. The molecule has 1 aliphatic rings. The summed E-state index contributed by atoms with van der Waals surface area (Å²) in [7, 11) is 1.84. The molecule has 4 rings (SSSR count). The Labute approximate surface area is 152 Å². The summed E-state index contributed by atoms with van der Waals surface area (Å²) in [5.41, 5.74) is 2.11. The van der Waals surface area contributed by atoms with E-state index in [1.165, 1.54) is 6.42 Å². The van der Waals surface area contributed by atoms with E-state index in [1.54, 1.807) is 10.7 Å². The molecule has 1 atom stereocenters. The summed E-state index contributed by atoms with van der Waals surface area (Å²) in [6.45, 7) is 2.30. The summed E-state index contributed by atoms with van der Waals surface area (Å²) in [5, 5.41) is 7.05. The number of carbonyl (C=O) groups excluding carboxylic acids is 1. The summed E-state index contributed by atoms with van der Waals surface area (Å²) < 4.78 is 1.68. The van der Waals surface area contributed by atoms with Crippen LogP contribution in [0.5, 0.6) is 0 Å². The molecule has 136 valence electrons. The van der Waals surface area contributed by atoms with E-state index < -0.39 is 0 Å². The second-order valence-electron chi connectivity index (χ2n) is 7.07. The highest BCUT2D eigenvalue weighted by Crippen LogP contribution is 2.21. The number of amides is 1. The molecule has 1 aliphatic heterocycles. The maximum Gasteiger partial charge on any atom is 0.239 e. The lowest BCUT2D eigenvalue weighted by molar-refractivity contribution is -0.117. The van der Waals surface area contributed by atoms with Gasteiger partial charge in [0, 0.05) is 32.3 Å². The molecule has 0 radical (unpaired) electrons. The number of aromatic amines is 1. The number of hydrogen-bond acceptors (Lipinski definition) is 4. The van der Waals surface area contributed by atoms with E-state index >= 15 is 0 Å². The number of carbonyl (C=O) groups is 1. The Kier molecular flexibility index (Phi) is 4.71. The maximum absolute atomic E-state index is 12.3. The largest absolute Gasteiger partial charge is 0.342 e. The van der Waals surface area contributed by atoms with Crippen LogP contribution in [-0.2, 0) is 18.3 Å². The molecule has 0 spiro atoms. The summed E-state index contributed by atoms with van der Waals surface area (Å²) in [6, 6.07) is 9.92. The number of hydrogen-bond donors (Lipinski definition) is 2. The minimum absolute atomic E-state index is 0.00640. The molecule has 3 aromatic rings. The van der Waals surface area contributed by atoms with E-state index in [2.05, 4.69) is 31.3 Å². The Morgan fingerprint density at radius 1 is 1.35 bits per heavy atom. The summed E-state index contributed by atoms with van der Waals surface area (Å²) >= 11 is 0. The van der Waals surface area contributed by atoms with Crippen LogP contribution in [0.1, 0.15) is 18.7 Å². The van der Waals surface area contributed by atoms with Gasteiger partial charge >= 0.3 is 0 Å². The number of para-hydroxylation sites is 2. The van der Waals surface area contributed by atoms with Crippen molar-refractivity contribution in [3.05, 3.63) is 42.4 Å². The number of nitrogens with one attached hydrogen (secondary N) is 2. The van der Waals surface area contributed by atoms with Gasteiger partial charge in [0.05, 0.1) is 17.6 Å². The van der Waals surface area contributed by atoms with Gasteiger partial charge in [-0.25, -0.2) is 4.98 Å². The van der Waals surface area contributed by atoms with E-state index in [-0.39, 0.29) is 5.91 Å². The number of fused-ring (bicyclic) bond motifs is 1. The molecule has 0 aliphatic carbocycles. The van der Waals surface area contributed by atoms with Crippen molar-refractivity contribution in [2.75, 3.05) is 25.0 Å². The van der Waals surface area contributed by atoms with Gasteiger partial charge in [-0.05, 0) is 37.4 Å². The topological polar surface area (TPSA) is 78.8 Å². The summed E-state index contributed by atoms with van der Waals surface area (Å²) in [5.74, 6) is 2.16. The molecule has 0 unspecified atom stereocenters. The van der Waals surface area contributed by atoms with E-state index in [0.717, 1.165) is 42.8 Å². The van der Waals surface area contributed by atoms with Crippen molar-refractivity contribution in [1.29, 1.82) is 0 Å². The first-order chi connectivity index (χ1) is 12.7. The van der Waals surface area contributed by atoms with Gasteiger partial charge in [-0.2, -0.15) is 5.10 Å². The molecule has 1 saturated heterocycles. The maximum atomic E-state index is 12.3. The molecule has 2 aromatic heterocycles. The lowest BCUT2D eigenvalue weighted by Crippen LogP contribution is -2.41. The highest BCUT2D eigenvalue weighted by Gasteiger charge is 2.23. The van der Waals surface area contributed by atoms with Gasteiger partial charge < -0.3 is 10.3 Å². The second kappa shape index (κ2) is 7.29. The van der Waals surface area contributed by atoms with Crippen molar-refractivity contribution < 1.29 is 4.79 Å². The molecule has 0 bridgehead atoms. The molecule has 3 heterocycles. The first-order valence-electron chi connectivity index (χ1n) is 9.11. The third kappa shape index (κ3) is 3.94. The molecular formula is C19H24N6O. The molecule has 2 N–H and O–H groups in total. The second-order valence-corrected chi connectivity index (χ2v) is 7.07. The number of rotatable bonds is 5. The quantitative estimate of drug-likeness (QED) is 0.738. The number of nitrogens with zero attached hydrogens (tertiary/aromatic N) is 4. The molecule has 1 fully saturated rings.